The smallest absolute Gasteiger partial charge is 0.319 e. The number of nitrogens with zero attached hydrogens (tertiary/aromatic N) is 6. The van der Waals surface area contributed by atoms with Crippen LogP contribution in [0.2, 0.25) is 5.02 Å². The highest BCUT2D eigenvalue weighted by Crippen LogP contribution is 2.51. The molecule has 4 aliphatic rings. The van der Waals surface area contributed by atoms with E-state index in [0.29, 0.717) is 5.92 Å². The number of hydrogen-bond donors (Lipinski definition) is 1. The van der Waals surface area contributed by atoms with E-state index in [0.717, 1.165) is 54.7 Å². The number of rotatable bonds is 5. The normalized spacial score (nSPS) is 25.1. The number of anilines is 2. The molecule has 2 N–H and O–H groups in total. The second-order valence-electron chi connectivity index (χ2n) is 14.0. The average Bonchev–Trinajstić information content (AvgIpc) is 3.71. The molecule has 4 aromatic rings. The molecule has 0 spiro atoms. The molecule has 4 aliphatic heterocycles. The zero-order valence-electron chi connectivity index (χ0n) is 27.8. The molecule has 0 aliphatic carbocycles. The SMILES string of the molecule is C[C@H]1CN2CCC[C@@]2(COc2nc3c4c(c(Cl)c(-c5ccc(F)c6sc(N)c(C#N)c56)c(F)c4n2)OCCC2C(=O)N(C)C(C(F)F)CCN32)C1. The van der Waals surface area contributed by atoms with Gasteiger partial charge in [0.15, 0.2) is 11.6 Å². The zero-order chi connectivity index (χ0) is 35.9. The van der Waals surface area contributed by atoms with Gasteiger partial charge in [0.2, 0.25) is 5.91 Å². The maximum absolute atomic E-state index is 17.3. The summed E-state index contributed by atoms with van der Waals surface area (Å²) in [7, 11) is 1.36. The minimum Gasteiger partial charge on any atom is -0.491 e. The molecule has 16 heteroatoms. The van der Waals surface area contributed by atoms with Crippen LogP contribution in [0, 0.1) is 28.9 Å². The van der Waals surface area contributed by atoms with Crippen LogP contribution in [0.4, 0.5) is 28.4 Å². The molecule has 8 rings (SSSR count). The fourth-order valence-corrected chi connectivity index (χ4v) is 9.95. The number of amides is 1. The van der Waals surface area contributed by atoms with E-state index < -0.39 is 36.1 Å². The van der Waals surface area contributed by atoms with E-state index in [1.807, 2.05) is 6.07 Å². The number of nitrogens with two attached hydrogens (primary N) is 1. The van der Waals surface area contributed by atoms with E-state index >= 15 is 8.78 Å². The van der Waals surface area contributed by atoms with Gasteiger partial charge in [0.05, 0.1) is 38.9 Å². The lowest BCUT2D eigenvalue weighted by atomic mass is 9.92. The second kappa shape index (κ2) is 12.5. The molecule has 3 fully saturated rings. The lowest BCUT2D eigenvalue weighted by Gasteiger charge is -2.34. The molecular formula is C35H34ClF4N7O3S. The highest BCUT2D eigenvalue weighted by molar-refractivity contribution is 7.23. The van der Waals surface area contributed by atoms with E-state index in [-0.39, 0.29) is 103 Å². The fraction of sp³-hybridized carbons (Fsp3) is 0.486. The minimum atomic E-state index is -2.79. The van der Waals surface area contributed by atoms with Gasteiger partial charge in [0.1, 0.15) is 40.9 Å². The predicted octanol–water partition coefficient (Wildman–Crippen LogP) is 6.60. The molecule has 6 heterocycles. The zero-order valence-corrected chi connectivity index (χ0v) is 29.4. The van der Waals surface area contributed by atoms with Gasteiger partial charge in [-0.25, -0.2) is 17.6 Å². The summed E-state index contributed by atoms with van der Waals surface area (Å²) in [6.45, 7) is 4.22. The summed E-state index contributed by atoms with van der Waals surface area (Å²) in [5.74, 6) is -1.57. The van der Waals surface area contributed by atoms with Crippen molar-refractivity contribution < 1.29 is 31.8 Å². The lowest BCUT2D eigenvalue weighted by Crippen LogP contribution is -2.49. The maximum Gasteiger partial charge on any atom is 0.319 e. The number of halogens is 5. The Morgan fingerprint density at radius 1 is 1.24 bits per heavy atom. The average molecular weight is 744 g/mol. The molecule has 0 saturated carbocycles. The van der Waals surface area contributed by atoms with Crippen LogP contribution in [-0.4, -0.2) is 89.6 Å². The number of aromatic nitrogens is 2. The van der Waals surface area contributed by atoms with Crippen LogP contribution in [0.25, 0.3) is 32.1 Å². The van der Waals surface area contributed by atoms with Crippen molar-refractivity contribution in [1.29, 1.82) is 5.26 Å². The molecule has 0 radical (unpaired) electrons. The summed E-state index contributed by atoms with van der Waals surface area (Å²) < 4.78 is 73.4. The minimum absolute atomic E-state index is 0.00268. The number of nitrogen functional groups attached to an aromatic ring is 1. The van der Waals surface area contributed by atoms with Crippen LogP contribution >= 0.6 is 22.9 Å². The first kappa shape index (κ1) is 34.0. The number of nitriles is 1. The van der Waals surface area contributed by atoms with Crippen LogP contribution in [0.3, 0.4) is 0 Å². The van der Waals surface area contributed by atoms with Crippen molar-refractivity contribution in [1.82, 2.24) is 19.8 Å². The molecule has 2 aromatic heterocycles. The van der Waals surface area contributed by atoms with Gasteiger partial charge in [0, 0.05) is 37.5 Å². The summed E-state index contributed by atoms with van der Waals surface area (Å²) in [5, 5.41) is 9.98. The molecule has 0 bridgehead atoms. The van der Waals surface area contributed by atoms with E-state index in [1.54, 1.807) is 4.90 Å². The summed E-state index contributed by atoms with van der Waals surface area (Å²) in [6, 6.07) is 2.03. The van der Waals surface area contributed by atoms with Crippen LogP contribution < -0.4 is 20.1 Å². The largest absolute Gasteiger partial charge is 0.491 e. The molecule has 3 saturated heterocycles. The Morgan fingerprint density at radius 2 is 2.04 bits per heavy atom. The number of fused-ring (bicyclic) bond motifs is 4. The predicted molar refractivity (Wildman–Crippen MR) is 186 cm³/mol. The van der Waals surface area contributed by atoms with E-state index in [2.05, 4.69) is 16.8 Å². The number of carbonyl (C=O) groups excluding carboxylic acids is 1. The number of benzene rings is 2. The van der Waals surface area contributed by atoms with Crippen LogP contribution in [0.15, 0.2) is 12.1 Å². The van der Waals surface area contributed by atoms with Crippen molar-refractivity contribution in [3.63, 3.8) is 0 Å². The van der Waals surface area contributed by atoms with Gasteiger partial charge in [-0.15, -0.1) is 11.3 Å². The second-order valence-corrected chi connectivity index (χ2v) is 15.4. The van der Waals surface area contributed by atoms with Gasteiger partial charge < -0.3 is 25.0 Å². The Labute approximate surface area is 299 Å². The van der Waals surface area contributed by atoms with Crippen molar-refractivity contribution in [3.8, 4) is 29.0 Å². The topological polar surface area (TPSA) is 121 Å². The molecule has 51 heavy (non-hydrogen) atoms. The monoisotopic (exact) mass is 743 g/mol. The van der Waals surface area contributed by atoms with Crippen LogP contribution in [0.1, 0.15) is 44.6 Å². The van der Waals surface area contributed by atoms with Gasteiger partial charge in [-0.05, 0) is 49.8 Å². The number of thiophene rings is 1. The third-order valence-corrected chi connectivity index (χ3v) is 12.4. The Balaban J connectivity index is 1.36. The first-order valence-corrected chi connectivity index (χ1v) is 18.1. The van der Waals surface area contributed by atoms with Crippen molar-refractivity contribution in [3.05, 3.63) is 34.4 Å². The molecule has 268 valence electrons. The number of ether oxygens (including phenoxy) is 2. The van der Waals surface area contributed by atoms with Crippen molar-refractivity contribution in [2.45, 2.75) is 63.1 Å². The van der Waals surface area contributed by atoms with Gasteiger partial charge >= 0.3 is 6.01 Å². The Morgan fingerprint density at radius 3 is 2.80 bits per heavy atom. The standard InChI is InChI=1S/C35H34ClF4N7O3S/c1-16-12-35(8-3-9-46(35)14-16)15-50-34-43-27-24-28(49-11-7-21-33(48)45(2)20(30(39)40)6-10-47(21)32(24)44-34)25(36)23(26(27)38)17-4-5-19(37)29-22(17)18(13-41)31(42)51-29/h4-5,16,20-21,30H,3,6-12,14-15,42H2,1-2H3/t16-,20?,21?,35+/m1/s1. The first-order chi connectivity index (χ1) is 24.4. The summed E-state index contributed by atoms with van der Waals surface area (Å²) >= 11 is 7.90. The quantitative estimate of drug-likeness (QED) is 0.226. The summed E-state index contributed by atoms with van der Waals surface area (Å²) in [5.41, 5.74) is 5.50. The fourth-order valence-electron chi connectivity index (χ4n) is 8.66. The number of alkyl halides is 2. The molecule has 2 aromatic carbocycles. The third-order valence-electron chi connectivity index (χ3n) is 11.0. The van der Waals surface area contributed by atoms with Gasteiger partial charge in [-0.3, -0.25) is 9.69 Å². The van der Waals surface area contributed by atoms with Crippen LogP contribution in [-0.2, 0) is 4.79 Å². The Bertz CT molecular complexity index is 2150. The lowest BCUT2D eigenvalue weighted by molar-refractivity contribution is -0.136. The molecule has 1 amide bonds. The highest BCUT2D eigenvalue weighted by atomic mass is 35.5. The van der Waals surface area contributed by atoms with Gasteiger partial charge in [0.25, 0.3) is 6.43 Å². The molecular weight excluding hydrogens is 710 g/mol. The maximum atomic E-state index is 17.3. The third kappa shape index (κ3) is 5.23. The number of carbonyl (C=O) groups is 1. The van der Waals surface area contributed by atoms with E-state index in [1.165, 1.54) is 13.1 Å². The van der Waals surface area contributed by atoms with E-state index in [4.69, 9.17) is 31.8 Å². The van der Waals surface area contributed by atoms with Gasteiger partial charge in [-0.2, -0.15) is 15.2 Å². The highest BCUT2D eigenvalue weighted by Gasteiger charge is 2.48. The molecule has 10 nitrogen and oxygen atoms in total. The van der Waals surface area contributed by atoms with E-state index in [9.17, 15) is 18.8 Å². The summed E-state index contributed by atoms with van der Waals surface area (Å²) in [6.07, 6.45) is 0.0559. The molecule has 4 atom stereocenters. The first-order valence-electron chi connectivity index (χ1n) is 16.9. The van der Waals surface area contributed by atoms with Gasteiger partial charge in [-0.1, -0.05) is 24.6 Å². The van der Waals surface area contributed by atoms with Crippen molar-refractivity contribution in [2.24, 2.45) is 5.92 Å². The molecule has 2 unspecified atom stereocenters. The van der Waals surface area contributed by atoms with Crippen molar-refractivity contribution >= 4 is 60.7 Å². The Hall–Kier alpha value is -4.13. The Kier molecular flexibility index (Phi) is 8.35. The summed E-state index contributed by atoms with van der Waals surface area (Å²) in [4.78, 5) is 28.2. The number of hydrogen-bond acceptors (Lipinski definition) is 10. The van der Waals surface area contributed by atoms with Crippen molar-refractivity contribution in [2.75, 3.05) is 50.5 Å². The number of likely N-dealkylation sites (N-methyl/N-ethyl adjacent to an activating group) is 1. The van der Waals surface area contributed by atoms with Crippen LogP contribution in [0.5, 0.6) is 11.8 Å².